The molecule has 8 heteroatoms. The Kier molecular flexibility index (Phi) is 5.24. The molecule has 7 nitrogen and oxygen atoms in total. The van der Waals surface area contributed by atoms with Crippen LogP contribution < -0.4 is 5.73 Å². The van der Waals surface area contributed by atoms with Crippen LogP contribution in [0.4, 0.5) is 0 Å². The van der Waals surface area contributed by atoms with Crippen molar-refractivity contribution in [1.29, 1.82) is 0 Å². The van der Waals surface area contributed by atoms with E-state index >= 15 is 0 Å². The Bertz CT molecular complexity index is 474. The van der Waals surface area contributed by atoms with Crippen molar-refractivity contribution in [2.24, 2.45) is 11.7 Å². The third kappa shape index (κ3) is 4.15. The normalized spacial score (nSPS) is 29.0. The van der Waals surface area contributed by atoms with E-state index < -0.39 is 10.0 Å². The summed E-state index contributed by atoms with van der Waals surface area (Å²) in [5.41, 5.74) is 5.70. The second-order valence-electron chi connectivity index (χ2n) is 6.16. The zero-order valence-corrected chi connectivity index (χ0v) is 13.7. The first-order chi connectivity index (χ1) is 9.81. The molecule has 122 valence electrons. The average molecular weight is 318 g/mol. The fourth-order valence-electron chi connectivity index (χ4n) is 3.15. The zero-order chi connectivity index (χ0) is 15.6. The highest BCUT2D eigenvalue weighted by Crippen LogP contribution is 2.22. The van der Waals surface area contributed by atoms with Gasteiger partial charge in [-0.15, -0.1) is 0 Å². The second kappa shape index (κ2) is 6.60. The minimum absolute atomic E-state index is 0.0904. The predicted molar refractivity (Wildman–Crippen MR) is 81.2 cm³/mol. The standard InChI is InChI=1S/C13H26N4O3S/c1-11-7-12(8-14)9-16(11)10-13(18)15-3-5-17(6-4-15)21(2,19)20/h11-12H,3-10,14H2,1-2H3. The molecule has 0 aromatic rings. The van der Waals surface area contributed by atoms with Gasteiger partial charge in [-0.3, -0.25) is 9.69 Å². The number of likely N-dealkylation sites (tertiary alicyclic amines) is 1. The van der Waals surface area contributed by atoms with E-state index in [-0.39, 0.29) is 5.91 Å². The van der Waals surface area contributed by atoms with Crippen LogP contribution >= 0.6 is 0 Å². The van der Waals surface area contributed by atoms with Gasteiger partial charge in [-0.2, -0.15) is 4.31 Å². The second-order valence-corrected chi connectivity index (χ2v) is 8.14. The number of rotatable bonds is 4. The Morgan fingerprint density at radius 3 is 2.33 bits per heavy atom. The van der Waals surface area contributed by atoms with Crippen LogP contribution in [0.15, 0.2) is 0 Å². The molecule has 2 heterocycles. The largest absolute Gasteiger partial charge is 0.339 e. The summed E-state index contributed by atoms with van der Waals surface area (Å²) < 4.78 is 24.3. The van der Waals surface area contributed by atoms with E-state index in [4.69, 9.17) is 5.73 Å². The number of hydrogen-bond acceptors (Lipinski definition) is 5. The molecule has 0 spiro atoms. The highest BCUT2D eigenvalue weighted by molar-refractivity contribution is 7.88. The number of nitrogens with two attached hydrogens (primary N) is 1. The lowest BCUT2D eigenvalue weighted by Crippen LogP contribution is -2.52. The number of nitrogens with zero attached hydrogens (tertiary/aromatic N) is 3. The van der Waals surface area contributed by atoms with E-state index in [1.165, 1.54) is 10.6 Å². The van der Waals surface area contributed by atoms with Gasteiger partial charge in [-0.25, -0.2) is 8.42 Å². The summed E-state index contributed by atoms with van der Waals surface area (Å²) >= 11 is 0. The minimum Gasteiger partial charge on any atom is -0.339 e. The predicted octanol–water partition coefficient (Wildman–Crippen LogP) is -1.24. The highest BCUT2D eigenvalue weighted by atomic mass is 32.2. The van der Waals surface area contributed by atoms with Crippen molar-refractivity contribution >= 4 is 15.9 Å². The van der Waals surface area contributed by atoms with E-state index in [9.17, 15) is 13.2 Å². The van der Waals surface area contributed by atoms with E-state index in [0.717, 1.165) is 13.0 Å². The van der Waals surface area contributed by atoms with Crippen molar-refractivity contribution in [1.82, 2.24) is 14.1 Å². The van der Waals surface area contributed by atoms with Crippen molar-refractivity contribution in [2.75, 3.05) is 52.1 Å². The molecule has 0 radical (unpaired) electrons. The van der Waals surface area contributed by atoms with Gasteiger partial charge < -0.3 is 10.6 Å². The first-order valence-electron chi connectivity index (χ1n) is 7.48. The molecule has 21 heavy (non-hydrogen) atoms. The van der Waals surface area contributed by atoms with E-state index in [1.54, 1.807) is 4.90 Å². The number of hydrogen-bond donors (Lipinski definition) is 1. The van der Waals surface area contributed by atoms with Crippen LogP contribution in [-0.4, -0.2) is 86.5 Å². The fourth-order valence-corrected chi connectivity index (χ4v) is 3.98. The molecule has 0 aliphatic carbocycles. The fraction of sp³-hybridized carbons (Fsp3) is 0.923. The summed E-state index contributed by atoms with van der Waals surface area (Å²) in [6, 6.07) is 0.389. The van der Waals surface area contributed by atoms with Gasteiger partial charge in [0, 0.05) is 38.8 Å². The topological polar surface area (TPSA) is 86.9 Å². The van der Waals surface area contributed by atoms with Crippen molar-refractivity contribution in [3.05, 3.63) is 0 Å². The maximum atomic E-state index is 12.3. The summed E-state index contributed by atoms with van der Waals surface area (Å²) in [4.78, 5) is 16.3. The molecule has 0 saturated carbocycles. The van der Waals surface area contributed by atoms with Crippen LogP contribution in [0.5, 0.6) is 0 Å². The quantitative estimate of drug-likeness (QED) is 0.700. The lowest BCUT2D eigenvalue weighted by atomic mass is 10.1. The Morgan fingerprint density at radius 2 is 1.86 bits per heavy atom. The maximum absolute atomic E-state index is 12.3. The number of carbonyl (C=O) groups excluding carboxylic acids is 1. The summed E-state index contributed by atoms with van der Waals surface area (Å²) in [5.74, 6) is 0.572. The maximum Gasteiger partial charge on any atom is 0.236 e. The Labute approximate surface area is 127 Å². The van der Waals surface area contributed by atoms with Gasteiger partial charge >= 0.3 is 0 Å². The van der Waals surface area contributed by atoms with Crippen molar-refractivity contribution < 1.29 is 13.2 Å². The van der Waals surface area contributed by atoms with Gasteiger partial charge in [0.05, 0.1) is 12.8 Å². The molecular formula is C13H26N4O3S. The molecule has 0 bridgehead atoms. The molecule has 1 amide bonds. The van der Waals surface area contributed by atoms with Crippen molar-refractivity contribution in [2.45, 2.75) is 19.4 Å². The van der Waals surface area contributed by atoms with Gasteiger partial charge in [0.1, 0.15) is 0 Å². The van der Waals surface area contributed by atoms with Gasteiger partial charge in [-0.1, -0.05) is 0 Å². The van der Waals surface area contributed by atoms with Gasteiger partial charge in [0.25, 0.3) is 0 Å². The van der Waals surface area contributed by atoms with E-state index in [1.807, 2.05) is 0 Å². The Morgan fingerprint density at radius 1 is 1.24 bits per heavy atom. The van der Waals surface area contributed by atoms with Crippen LogP contribution in [0, 0.1) is 5.92 Å². The molecule has 0 aromatic carbocycles. The van der Waals surface area contributed by atoms with Gasteiger partial charge in [-0.05, 0) is 25.8 Å². The smallest absolute Gasteiger partial charge is 0.236 e. The summed E-state index contributed by atoms with van der Waals surface area (Å²) in [5, 5.41) is 0. The minimum atomic E-state index is -3.15. The van der Waals surface area contributed by atoms with E-state index in [2.05, 4.69) is 11.8 Å². The van der Waals surface area contributed by atoms with Crippen molar-refractivity contribution in [3.8, 4) is 0 Å². The van der Waals surface area contributed by atoms with Crippen LogP contribution in [-0.2, 0) is 14.8 Å². The average Bonchev–Trinajstić information content (AvgIpc) is 2.78. The molecular weight excluding hydrogens is 292 g/mol. The van der Waals surface area contributed by atoms with Crippen molar-refractivity contribution in [3.63, 3.8) is 0 Å². The zero-order valence-electron chi connectivity index (χ0n) is 12.9. The SMILES string of the molecule is CC1CC(CN)CN1CC(=O)N1CCN(S(C)(=O)=O)CC1. The Hall–Kier alpha value is -0.700. The summed E-state index contributed by atoms with van der Waals surface area (Å²) in [6.07, 6.45) is 2.26. The number of piperazine rings is 1. The monoisotopic (exact) mass is 318 g/mol. The molecule has 2 aliphatic rings. The number of carbonyl (C=O) groups is 1. The van der Waals surface area contributed by atoms with Crippen LogP contribution in [0.2, 0.25) is 0 Å². The molecule has 2 fully saturated rings. The number of amides is 1. The summed E-state index contributed by atoms with van der Waals surface area (Å²) in [7, 11) is -3.15. The van der Waals surface area contributed by atoms with Crippen LogP contribution in [0.25, 0.3) is 0 Å². The molecule has 2 N–H and O–H groups in total. The van der Waals surface area contributed by atoms with E-state index in [0.29, 0.717) is 51.2 Å². The Balaban J connectivity index is 1.83. The van der Waals surface area contributed by atoms with Crippen LogP contribution in [0.3, 0.4) is 0 Å². The van der Waals surface area contributed by atoms with Crippen LogP contribution in [0.1, 0.15) is 13.3 Å². The lowest BCUT2D eigenvalue weighted by molar-refractivity contribution is -0.133. The molecule has 2 aliphatic heterocycles. The third-order valence-electron chi connectivity index (χ3n) is 4.52. The third-order valence-corrected chi connectivity index (χ3v) is 5.83. The first-order valence-corrected chi connectivity index (χ1v) is 9.33. The van der Waals surface area contributed by atoms with Gasteiger partial charge in [0.15, 0.2) is 0 Å². The van der Waals surface area contributed by atoms with Gasteiger partial charge in [0.2, 0.25) is 15.9 Å². The lowest BCUT2D eigenvalue weighted by Gasteiger charge is -2.34. The molecule has 2 atom stereocenters. The molecule has 2 unspecified atom stereocenters. The molecule has 2 saturated heterocycles. The number of sulfonamides is 1. The molecule has 2 rings (SSSR count). The highest BCUT2D eigenvalue weighted by Gasteiger charge is 2.32. The first kappa shape index (κ1) is 16.7. The molecule has 0 aromatic heterocycles. The summed E-state index contributed by atoms with van der Waals surface area (Å²) in [6.45, 7) is 5.84.